The molecule has 2 aromatic heterocycles. The Kier molecular flexibility index (Phi) is 6.53. The van der Waals surface area contributed by atoms with Gasteiger partial charge in [0.1, 0.15) is 6.04 Å². The maximum absolute atomic E-state index is 13.0. The van der Waals surface area contributed by atoms with Gasteiger partial charge in [0.25, 0.3) is 0 Å². The van der Waals surface area contributed by atoms with E-state index < -0.39 is 0 Å². The summed E-state index contributed by atoms with van der Waals surface area (Å²) in [6, 6.07) is 7.99. The Hall–Kier alpha value is -1.79. The van der Waals surface area contributed by atoms with E-state index in [1.165, 1.54) is 5.56 Å². The van der Waals surface area contributed by atoms with Gasteiger partial charge in [0.05, 0.1) is 0 Å². The highest BCUT2D eigenvalue weighted by molar-refractivity contribution is 7.98. The number of carbonyl (C=O) groups excluding carboxylic acids is 1. The smallest absolute Gasteiger partial charge is 0.245 e. The standard InChI is InChI=1S/C19H26N4OS/c1-25-14-6-18(22-8-2-3-9-22)19(24)23-12-10-21(11-13-23)16-17-5-4-7-20-15-17/h2-5,7-9,15,18H,6,10-14,16H2,1H3/t18-/m0/s1. The summed E-state index contributed by atoms with van der Waals surface area (Å²) in [5.74, 6) is 1.25. The van der Waals surface area contributed by atoms with Crippen LogP contribution in [0.15, 0.2) is 49.1 Å². The molecule has 3 heterocycles. The number of rotatable bonds is 7. The second-order valence-electron chi connectivity index (χ2n) is 6.39. The average Bonchev–Trinajstić information content (AvgIpc) is 3.18. The predicted octanol–water partition coefficient (Wildman–Crippen LogP) is 2.52. The average molecular weight is 359 g/mol. The van der Waals surface area contributed by atoms with Gasteiger partial charge in [-0.2, -0.15) is 11.8 Å². The minimum Gasteiger partial charge on any atom is -0.342 e. The predicted molar refractivity (Wildman–Crippen MR) is 103 cm³/mol. The van der Waals surface area contributed by atoms with Crippen molar-refractivity contribution in [2.24, 2.45) is 0 Å². The molecule has 0 unspecified atom stereocenters. The lowest BCUT2D eigenvalue weighted by atomic mass is 10.1. The third kappa shape index (κ3) is 4.86. The van der Waals surface area contributed by atoms with Crippen molar-refractivity contribution in [3.05, 3.63) is 54.6 Å². The van der Waals surface area contributed by atoms with Gasteiger partial charge < -0.3 is 9.47 Å². The summed E-state index contributed by atoms with van der Waals surface area (Å²) in [7, 11) is 0. The monoisotopic (exact) mass is 358 g/mol. The molecule has 6 heteroatoms. The van der Waals surface area contributed by atoms with E-state index in [0.29, 0.717) is 0 Å². The lowest BCUT2D eigenvalue weighted by Crippen LogP contribution is -2.50. The third-order valence-corrected chi connectivity index (χ3v) is 5.32. The van der Waals surface area contributed by atoms with Crippen molar-refractivity contribution in [3.8, 4) is 0 Å². The zero-order valence-electron chi connectivity index (χ0n) is 14.8. The summed E-state index contributed by atoms with van der Waals surface area (Å²) in [5.41, 5.74) is 1.23. The lowest BCUT2D eigenvalue weighted by molar-refractivity contribution is -0.136. The molecule has 0 aliphatic carbocycles. The Morgan fingerprint density at radius 1 is 1.20 bits per heavy atom. The van der Waals surface area contributed by atoms with Crippen molar-refractivity contribution in [1.82, 2.24) is 19.4 Å². The van der Waals surface area contributed by atoms with Crippen LogP contribution in [0.4, 0.5) is 0 Å². The molecular weight excluding hydrogens is 332 g/mol. The van der Waals surface area contributed by atoms with E-state index in [4.69, 9.17) is 0 Å². The molecule has 0 bridgehead atoms. The number of pyridine rings is 1. The van der Waals surface area contributed by atoms with Crippen molar-refractivity contribution in [1.29, 1.82) is 0 Å². The zero-order valence-corrected chi connectivity index (χ0v) is 15.6. The normalized spacial score (nSPS) is 16.8. The fourth-order valence-corrected chi connectivity index (χ4v) is 3.73. The van der Waals surface area contributed by atoms with Crippen molar-refractivity contribution in [3.63, 3.8) is 0 Å². The number of thioether (sulfide) groups is 1. The molecule has 134 valence electrons. The molecule has 3 rings (SSSR count). The van der Waals surface area contributed by atoms with Crippen molar-refractivity contribution >= 4 is 17.7 Å². The second kappa shape index (κ2) is 9.06. The number of nitrogens with zero attached hydrogens (tertiary/aromatic N) is 4. The number of aromatic nitrogens is 2. The molecule has 2 aromatic rings. The van der Waals surface area contributed by atoms with Gasteiger partial charge in [0.2, 0.25) is 5.91 Å². The van der Waals surface area contributed by atoms with Crippen LogP contribution in [0.3, 0.4) is 0 Å². The van der Waals surface area contributed by atoms with Gasteiger partial charge in [-0.15, -0.1) is 0 Å². The Morgan fingerprint density at radius 2 is 1.96 bits per heavy atom. The van der Waals surface area contributed by atoms with Gasteiger partial charge in [-0.3, -0.25) is 14.7 Å². The molecule has 1 atom stereocenters. The highest BCUT2D eigenvalue weighted by Gasteiger charge is 2.27. The third-order valence-electron chi connectivity index (χ3n) is 4.68. The fraction of sp³-hybridized carbons (Fsp3) is 0.474. The van der Waals surface area contributed by atoms with E-state index >= 15 is 0 Å². The molecule has 1 fully saturated rings. The lowest BCUT2D eigenvalue weighted by Gasteiger charge is -2.36. The second-order valence-corrected chi connectivity index (χ2v) is 7.38. The molecule has 0 spiro atoms. The number of piperazine rings is 1. The highest BCUT2D eigenvalue weighted by Crippen LogP contribution is 2.19. The van der Waals surface area contributed by atoms with Crippen molar-refractivity contribution in [2.45, 2.75) is 19.0 Å². The van der Waals surface area contributed by atoms with E-state index in [2.05, 4.69) is 26.8 Å². The first-order valence-electron chi connectivity index (χ1n) is 8.79. The van der Waals surface area contributed by atoms with Crippen molar-refractivity contribution < 1.29 is 4.79 Å². The van der Waals surface area contributed by atoms with Crippen LogP contribution >= 0.6 is 11.8 Å². The largest absolute Gasteiger partial charge is 0.342 e. The summed E-state index contributed by atoms with van der Waals surface area (Å²) in [6.07, 6.45) is 10.7. The maximum atomic E-state index is 13.0. The molecule has 0 N–H and O–H groups in total. The molecule has 1 saturated heterocycles. The van der Waals surface area contributed by atoms with Crippen LogP contribution in [0, 0.1) is 0 Å². The van der Waals surface area contributed by atoms with Crippen molar-refractivity contribution in [2.75, 3.05) is 38.2 Å². The first kappa shape index (κ1) is 18.0. The van der Waals surface area contributed by atoms with Crippen LogP contribution in [-0.4, -0.2) is 63.4 Å². The van der Waals surface area contributed by atoms with Gasteiger partial charge in [-0.05, 0) is 42.2 Å². The molecule has 1 aliphatic rings. The Labute approximate surface area is 154 Å². The number of hydrogen-bond donors (Lipinski definition) is 0. The molecule has 0 saturated carbocycles. The Bertz CT molecular complexity index is 639. The molecule has 1 amide bonds. The summed E-state index contributed by atoms with van der Waals surface area (Å²) in [5, 5.41) is 0. The van der Waals surface area contributed by atoms with Gasteiger partial charge in [0.15, 0.2) is 0 Å². The minimum absolute atomic E-state index is 0.0766. The van der Waals surface area contributed by atoms with Gasteiger partial charge in [-0.25, -0.2) is 0 Å². The van der Waals surface area contributed by atoms with E-state index in [-0.39, 0.29) is 11.9 Å². The highest BCUT2D eigenvalue weighted by atomic mass is 32.2. The van der Waals surface area contributed by atoms with Crippen LogP contribution in [0.5, 0.6) is 0 Å². The topological polar surface area (TPSA) is 41.4 Å². The van der Waals surface area contributed by atoms with E-state index in [0.717, 1.165) is 44.9 Å². The quantitative estimate of drug-likeness (QED) is 0.763. The van der Waals surface area contributed by atoms with Gasteiger partial charge in [0, 0.05) is 57.5 Å². The molecule has 25 heavy (non-hydrogen) atoms. The van der Waals surface area contributed by atoms with Crippen LogP contribution in [0.1, 0.15) is 18.0 Å². The first-order valence-corrected chi connectivity index (χ1v) is 10.2. The number of hydrogen-bond acceptors (Lipinski definition) is 4. The summed E-state index contributed by atoms with van der Waals surface area (Å²) < 4.78 is 2.06. The summed E-state index contributed by atoms with van der Waals surface area (Å²) in [4.78, 5) is 21.6. The van der Waals surface area contributed by atoms with Crippen LogP contribution in [-0.2, 0) is 11.3 Å². The Balaban J connectivity index is 1.56. The Morgan fingerprint density at radius 3 is 2.60 bits per heavy atom. The maximum Gasteiger partial charge on any atom is 0.245 e. The minimum atomic E-state index is -0.0766. The first-order chi connectivity index (χ1) is 12.3. The number of carbonyl (C=O) groups is 1. The number of amides is 1. The van der Waals surface area contributed by atoms with E-state index in [1.54, 1.807) is 18.0 Å². The molecule has 1 aliphatic heterocycles. The van der Waals surface area contributed by atoms with E-state index in [9.17, 15) is 4.79 Å². The molecule has 5 nitrogen and oxygen atoms in total. The summed E-state index contributed by atoms with van der Waals surface area (Å²) >= 11 is 1.79. The van der Waals surface area contributed by atoms with E-state index in [1.807, 2.05) is 41.7 Å². The molecular formula is C19H26N4OS. The van der Waals surface area contributed by atoms with Crippen LogP contribution in [0.25, 0.3) is 0 Å². The fourth-order valence-electron chi connectivity index (χ4n) is 3.27. The molecule has 0 aromatic carbocycles. The summed E-state index contributed by atoms with van der Waals surface area (Å²) in [6.45, 7) is 4.35. The zero-order chi connectivity index (χ0) is 17.5. The van der Waals surface area contributed by atoms with Crippen LogP contribution < -0.4 is 0 Å². The molecule has 0 radical (unpaired) electrons. The van der Waals surface area contributed by atoms with Gasteiger partial charge >= 0.3 is 0 Å². The van der Waals surface area contributed by atoms with Gasteiger partial charge in [-0.1, -0.05) is 6.07 Å². The SMILES string of the molecule is CSCC[C@@H](C(=O)N1CCN(Cc2cccnc2)CC1)n1cccc1. The van der Waals surface area contributed by atoms with Crippen LogP contribution in [0.2, 0.25) is 0 Å².